The summed E-state index contributed by atoms with van der Waals surface area (Å²) in [6, 6.07) is 19.7. The molecule has 0 bridgehead atoms. The molecule has 5 aromatic rings. The summed E-state index contributed by atoms with van der Waals surface area (Å²) in [6.45, 7) is 32.0. The predicted molar refractivity (Wildman–Crippen MR) is 239 cm³/mol. The summed E-state index contributed by atoms with van der Waals surface area (Å²) < 4.78 is 1.14. The van der Waals surface area contributed by atoms with E-state index in [1.807, 2.05) is 38.1 Å². The van der Waals surface area contributed by atoms with Crippen LogP contribution in [0.1, 0.15) is 134 Å². The summed E-state index contributed by atoms with van der Waals surface area (Å²) in [5, 5.41) is 8.15. The van der Waals surface area contributed by atoms with Crippen molar-refractivity contribution in [2.24, 2.45) is 0 Å². The molecule has 0 amide bonds. The third-order valence-electron chi connectivity index (χ3n) is 9.96. The van der Waals surface area contributed by atoms with Crippen molar-refractivity contribution >= 4 is 71.2 Å². The molecule has 6 rings (SSSR count). The van der Waals surface area contributed by atoms with Gasteiger partial charge in [0.05, 0.1) is 0 Å². The van der Waals surface area contributed by atoms with E-state index in [2.05, 4.69) is 126 Å². The molecule has 0 heterocycles. The first-order chi connectivity index (χ1) is 24.7. The van der Waals surface area contributed by atoms with Crippen LogP contribution >= 0.6 is 46.4 Å². The van der Waals surface area contributed by atoms with Crippen molar-refractivity contribution in [2.75, 3.05) is 0 Å². The van der Waals surface area contributed by atoms with E-state index in [-0.39, 0.29) is 46.5 Å². The Morgan fingerprint density at radius 2 is 0.893 bits per heavy atom. The summed E-state index contributed by atoms with van der Waals surface area (Å²) in [4.78, 5) is 0. The van der Waals surface area contributed by atoms with Gasteiger partial charge in [-0.05, 0) is 21.7 Å². The summed E-state index contributed by atoms with van der Waals surface area (Å²) >= 11 is 25.9. The quantitative estimate of drug-likeness (QED) is 0.155. The van der Waals surface area contributed by atoms with Crippen molar-refractivity contribution < 1.29 is 49.0 Å². The molecule has 0 radical (unpaired) electrons. The fraction of sp³-hybridized carbons (Fsp3) is 0.388. The van der Waals surface area contributed by atoms with E-state index in [0.717, 1.165) is 31.9 Å². The Hall–Kier alpha value is -1.28. The molecule has 5 aromatic carbocycles. The van der Waals surface area contributed by atoms with Gasteiger partial charge in [-0.15, -0.1) is 46.2 Å². The summed E-state index contributed by atoms with van der Waals surface area (Å²) in [7, 11) is 0. The van der Waals surface area contributed by atoms with Gasteiger partial charge in [0.15, 0.2) is 0 Å². The molecule has 0 N–H and O–H groups in total. The number of rotatable bonds is 2. The van der Waals surface area contributed by atoms with Gasteiger partial charge in [-0.1, -0.05) is 117 Å². The van der Waals surface area contributed by atoms with Gasteiger partial charge in [-0.25, -0.2) is 12.2 Å². The first kappa shape index (κ1) is 50.9. The predicted octanol–water partition coefficient (Wildman–Crippen LogP) is 10.2. The largest absolute Gasteiger partial charge is 1.00 e. The van der Waals surface area contributed by atoms with Crippen LogP contribution in [0.15, 0.2) is 72.8 Å². The average molecular weight is 949 g/mol. The van der Waals surface area contributed by atoms with E-state index in [0.29, 0.717) is 20.1 Å². The molecule has 0 aromatic heterocycles. The summed E-state index contributed by atoms with van der Waals surface area (Å²) in [6.07, 6.45) is 10.0. The zero-order valence-electron chi connectivity index (χ0n) is 35.4. The Morgan fingerprint density at radius 1 is 0.554 bits per heavy atom. The molecule has 0 saturated carbocycles. The minimum atomic E-state index is 0. The molecule has 0 aliphatic heterocycles. The van der Waals surface area contributed by atoms with Crippen molar-refractivity contribution in [3.05, 3.63) is 143 Å². The minimum Gasteiger partial charge on any atom is -1.00 e. The van der Waals surface area contributed by atoms with E-state index < -0.39 is 0 Å². The van der Waals surface area contributed by atoms with Crippen LogP contribution in [0.3, 0.4) is 0 Å². The Morgan fingerprint density at radius 3 is 1.16 bits per heavy atom. The van der Waals surface area contributed by atoms with Crippen LogP contribution in [0.5, 0.6) is 0 Å². The molecule has 0 atom stereocenters. The molecule has 0 fully saturated rings. The Kier molecular flexibility index (Phi) is 17.6. The molecule has 56 heavy (non-hydrogen) atoms. The molecule has 7 heteroatoms. The van der Waals surface area contributed by atoms with Gasteiger partial charge in [0.25, 0.3) is 0 Å². The second-order valence-electron chi connectivity index (χ2n) is 18.6. The third-order valence-corrected chi connectivity index (χ3v) is 12.5. The molecule has 0 saturated heterocycles. The Bertz CT molecular complexity index is 2100. The van der Waals surface area contributed by atoms with Crippen molar-refractivity contribution in [1.82, 2.24) is 0 Å². The van der Waals surface area contributed by atoms with Crippen LogP contribution in [0.25, 0.3) is 21.5 Å². The minimum absolute atomic E-state index is 0. The fourth-order valence-corrected chi connectivity index (χ4v) is 9.15. The topological polar surface area (TPSA) is 0 Å². The van der Waals surface area contributed by atoms with Crippen LogP contribution < -0.4 is 24.8 Å². The number of hydrogen-bond donors (Lipinski definition) is 0. The zero-order chi connectivity index (χ0) is 40.7. The SMILES string of the molecule is CC(C)(C)c1cc2[cH-]c3cc(C(C)(C)C)c(C(C)(C)C)cc3c2cc1C(C)(C)C.Cc1c(Cl)cc(Cl)cc1[C](=[Zr+2])c1cc(Cl)cc(Cl)c1C.[C-]1=CC=CC1.[Cl-].[Cl-]. The maximum atomic E-state index is 6.21. The normalized spacial score (nSPS) is 12.8. The molecule has 300 valence electrons. The molecule has 1 aliphatic rings. The summed E-state index contributed by atoms with van der Waals surface area (Å²) in [5.74, 6) is 0. The Labute approximate surface area is 385 Å². The van der Waals surface area contributed by atoms with Gasteiger partial charge >= 0.3 is 154 Å². The molecular formula is C49H56Cl6Zr-2. The molecule has 0 unspecified atom stereocenters. The van der Waals surface area contributed by atoms with E-state index in [9.17, 15) is 0 Å². The molecule has 0 nitrogen and oxygen atoms in total. The standard InChI is InChI=1S/C29H41.C15H10Cl4.C5H5.2ClH.Zr/c1-26(2,3)22-14-18-13-19-15-23(27(4,5)6)25(29(10,11)12)17-21(19)20(18)16-24(22)28(7,8)9;1-8-10(4-12(16)6-14(8)18)3-11-5-13(17)7-15(19)9(11)2;1-2-4-5-3-1;;;/h13-17H,1-12H3;4-7H,1-2H3;1-3H,4H2;2*1H;/q-1;;-1;;;+2/p-2. The number of hydrogen-bond acceptors (Lipinski definition) is 0. The average Bonchev–Trinajstić information content (AvgIpc) is 3.73. The maximum absolute atomic E-state index is 6.21. The van der Waals surface area contributed by atoms with E-state index in [4.69, 9.17) is 46.4 Å². The zero-order valence-corrected chi connectivity index (χ0v) is 42.4. The van der Waals surface area contributed by atoms with Crippen molar-refractivity contribution in [3.8, 4) is 0 Å². The van der Waals surface area contributed by atoms with Crippen LogP contribution in [0.4, 0.5) is 0 Å². The number of benzene rings is 4. The second-order valence-corrected chi connectivity index (χ2v) is 21.5. The van der Waals surface area contributed by atoms with Crippen molar-refractivity contribution in [3.63, 3.8) is 0 Å². The van der Waals surface area contributed by atoms with Crippen molar-refractivity contribution in [1.29, 1.82) is 0 Å². The number of allylic oxidation sites excluding steroid dienone is 4. The van der Waals surface area contributed by atoms with Crippen LogP contribution in [0.2, 0.25) is 20.1 Å². The Balaban J connectivity index is 0.000000348. The second kappa shape index (κ2) is 19.4. The van der Waals surface area contributed by atoms with E-state index >= 15 is 0 Å². The maximum Gasteiger partial charge on any atom is -0.109 e. The van der Waals surface area contributed by atoms with Gasteiger partial charge < -0.3 is 24.8 Å². The first-order valence-electron chi connectivity index (χ1n) is 18.7. The summed E-state index contributed by atoms with van der Waals surface area (Å²) in [5.41, 5.74) is 10.5. The monoisotopic (exact) mass is 944 g/mol. The fourth-order valence-electron chi connectivity index (χ4n) is 6.88. The van der Waals surface area contributed by atoms with Gasteiger partial charge in [-0.3, -0.25) is 6.08 Å². The number of fused-ring (bicyclic) bond motifs is 3. The molecule has 0 spiro atoms. The molecule has 1 aliphatic carbocycles. The third kappa shape index (κ3) is 12.2. The van der Waals surface area contributed by atoms with Gasteiger partial charge in [0.1, 0.15) is 0 Å². The van der Waals surface area contributed by atoms with Crippen LogP contribution in [0, 0.1) is 19.9 Å². The van der Waals surface area contributed by atoms with Crippen LogP contribution in [-0.4, -0.2) is 3.21 Å². The molecular weight excluding hydrogens is 892 g/mol. The van der Waals surface area contributed by atoms with E-state index in [1.165, 1.54) is 68.0 Å². The van der Waals surface area contributed by atoms with Gasteiger partial charge in [0, 0.05) is 0 Å². The van der Waals surface area contributed by atoms with E-state index in [1.54, 1.807) is 12.1 Å². The van der Waals surface area contributed by atoms with Gasteiger partial charge in [-0.2, -0.15) is 6.08 Å². The van der Waals surface area contributed by atoms with Crippen molar-refractivity contribution in [2.45, 2.75) is 125 Å². The first-order valence-corrected chi connectivity index (χ1v) is 21.4. The smallest absolute Gasteiger partial charge is 0.109 e. The number of halogens is 6. The van der Waals surface area contributed by atoms with Crippen LogP contribution in [-0.2, 0) is 45.9 Å². The van der Waals surface area contributed by atoms with Gasteiger partial charge in [0.2, 0.25) is 0 Å².